The lowest BCUT2D eigenvalue weighted by atomic mass is 10.1. The molecule has 0 aromatic rings. The van der Waals surface area contributed by atoms with Crippen LogP contribution < -0.4 is 11.1 Å². The topological polar surface area (TPSA) is 75.4 Å². The summed E-state index contributed by atoms with van der Waals surface area (Å²) < 4.78 is 0. The second-order valence-corrected chi connectivity index (χ2v) is 5.56. The molecule has 1 saturated heterocycles. The summed E-state index contributed by atoms with van der Waals surface area (Å²) in [5.41, 5.74) is 5.86. The maximum absolute atomic E-state index is 12.3. The van der Waals surface area contributed by atoms with Crippen molar-refractivity contribution in [1.82, 2.24) is 10.2 Å². The van der Waals surface area contributed by atoms with Crippen LogP contribution in [0.3, 0.4) is 0 Å². The highest BCUT2D eigenvalue weighted by atomic mass is 16.2. The number of likely N-dealkylation sites (tertiary alicyclic amines) is 1. The van der Waals surface area contributed by atoms with Crippen LogP contribution in [0, 0.1) is 0 Å². The first-order chi connectivity index (χ1) is 9.61. The van der Waals surface area contributed by atoms with Gasteiger partial charge in [-0.1, -0.05) is 33.1 Å². The number of amides is 2. The summed E-state index contributed by atoms with van der Waals surface area (Å²) in [7, 11) is 0. The van der Waals surface area contributed by atoms with Gasteiger partial charge in [0.1, 0.15) is 6.04 Å². The fraction of sp³-hybridized carbons (Fsp3) is 0.867. The van der Waals surface area contributed by atoms with Crippen LogP contribution in [-0.2, 0) is 9.59 Å². The molecule has 0 saturated carbocycles. The van der Waals surface area contributed by atoms with E-state index in [0.29, 0.717) is 19.5 Å². The van der Waals surface area contributed by atoms with Crippen molar-refractivity contribution in [2.45, 2.75) is 70.9 Å². The summed E-state index contributed by atoms with van der Waals surface area (Å²) in [5, 5.41) is 2.95. The van der Waals surface area contributed by atoms with E-state index < -0.39 is 6.04 Å². The molecule has 0 unspecified atom stereocenters. The monoisotopic (exact) mass is 283 g/mol. The van der Waals surface area contributed by atoms with Gasteiger partial charge in [-0.2, -0.15) is 0 Å². The second-order valence-electron chi connectivity index (χ2n) is 5.56. The highest BCUT2D eigenvalue weighted by Crippen LogP contribution is 2.18. The molecule has 0 spiro atoms. The van der Waals surface area contributed by atoms with Gasteiger partial charge in [-0.05, 0) is 25.7 Å². The van der Waals surface area contributed by atoms with E-state index in [9.17, 15) is 9.59 Å². The van der Waals surface area contributed by atoms with E-state index in [-0.39, 0.29) is 17.9 Å². The fourth-order valence-corrected chi connectivity index (χ4v) is 2.54. The Kier molecular flexibility index (Phi) is 7.59. The number of nitrogens with one attached hydrogen (secondary N) is 1. The first-order valence-corrected chi connectivity index (χ1v) is 7.95. The molecule has 2 atom stereocenters. The Labute approximate surface area is 122 Å². The minimum atomic E-state index is -0.487. The molecular weight excluding hydrogens is 254 g/mol. The lowest BCUT2D eigenvalue weighted by Crippen LogP contribution is -2.53. The van der Waals surface area contributed by atoms with Crippen LogP contribution in [0.4, 0.5) is 0 Å². The maximum Gasteiger partial charge on any atom is 0.242 e. The summed E-state index contributed by atoms with van der Waals surface area (Å²) in [6.07, 6.45) is 6.41. The van der Waals surface area contributed by atoms with Crippen molar-refractivity contribution in [3.05, 3.63) is 0 Å². The third kappa shape index (κ3) is 4.78. The zero-order chi connectivity index (χ0) is 15.0. The fourth-order valence-electron chi connectivity index (χ4n) is 2.54. The predicted molar refractivity (Wildman–Crippen MR) is 80.2 cm³/mol. The molecular formula is C15H29N3O2. The van der Waals surface area contributed by atoms with E-state index in [0.717, 1.165) is 38.5 Å². The van der Waals surface area contributed by atoms with Gasteiger partial charge in [0, 0.05) is 13.1 Å². The number of nitrogens with zero attached hydrogens (tertiary/aromatic N) is 1. The van der Waals surface area contributed by atoms with Crippen molar-refractivity contribution < 1.29 is 9.59 Å². The standard InChI is InChI=1S/C15H29N3O2/c1-3-5-10-17-14(19)13-9-7-6-8-11-18(13)15(20)12(16)4-2/h12-13H,3-11,16H2,1-2H3,(H,17,19)/t12-,13-/m0/s1. The number of nitrogens with two attached hydrogens (primary N) is 1. The highest BCUT2D eigenvalue weighted by molar-refractivity contribution is 5.89. The maximum atomic E-state index is 12.3. The Morgan fingerprint density at radius 3 is 2.70 bits per heavy atom. The smallest absolute Gasteiger partial charge is 0.242 e. The second kappa shape index (κ2) is 8.95. The molecule has 0 aliphatic carbocycles. The third-order valence-corrected chi connectivity index (χ3v) is 3.93. The Hall–Kier alpha value is -1.10. The van der Waals surface area contributed by atoms with Crippen molar-refractivity contribution in [3.63, 3.8) is 0 Å². The molecule has 0 aromatic heterocycles. The number of carbonyl (C=O) groups excluding carboxylic acids is 2. The molecule has 1 heterocycles. The van der Waals surface area contributed by atoms with Crippen LogP contribution in [0.2, 0.25) is 0 Å². The predicted octanol–water partition coefficient (Wildman–Crippen LogP) is 1.41. The molecule has 1 rings (SSSR count). The average molecular weight is 283 g/mol. The van der Waals surface area contributed by atoms with Gasteiger partial charge in [-0.15, -0.1) is 0 Å². The zero-order valence-corrected chi connectivity index (χ0v) is 12.9. The van der Waals surface area contributed by atoms with Gasteiger partial charge in [0.25, 0.3) is 0 Å². The Morgan fingerprint density at radius 2 is 2.05 bits per heavy atom. The van der Waals surface area contributed by atoms with Crippen molar-refractivity contribution in [3.8, 4) is 0 Å². The summed E-state index contributed by atoms with van der Waals surface area (Å²) in [6, 6.07) is -0.821. The third-order valence-electron chi connectivity index (χ3n) is 3.93. The van der Waals surface area contributed by atoms with Gasteiger partial charge in [0.2, 0.25) is 11.8 Å². The minimum Gasteiger partial charge on any atom is -0.354 e. The van der Waals surface area contributed by atoms with Crippen LogP contribution in [0.25, 0.3) is 0 Å². The minimum absolute atomic E-state index is 0.0167. The quantitative estimate of drug-likeness (QED) is 0.724. The molecule has 3 N–H and O–H groups in total. The van der Waals surface area contributed by atoms with Crippen LogP contribution >= 0.6 is 0 Å². The lowest BCUT2D eigenvalue weighted by molar-refractivity contribution is -0.141. The largest absolute Gasteiger partial charge is 0.354 e. The Balaban J connectivity index is 2.70. The molecule has 0 radical (unpaired) electrons. The van der Waals surface area contributed by atoms with E-state index in [4.69, 9.17) is 5.73 Å². The first kappa shape index (κ1) is 17.0. The summed E-state index contributed by atoms with van der Waals surface area (Å²) in [4.78, 5) is 26.4. The highest BCUT2D eigenvalue weighted by Gasteiger charge is 2.32. The van der Waals surface area contributed by atoms with Gasteiger partial charge in [0.05, 0.1) is 6.04 Å². The van der Waals surface area contributed by atoms with Crippen molar-refractivity contribution in [2.75, 3.05) is 13.1 Å². The van der Waals surface area contributed by atoms with Crippen LogP contribution in [0.15, 0.2) is 0 Å². The van der Waals surface area contributed by atoms with Gasteiger partial charge in [-0.3, -0.25) is 9.59 Å². The molecule has 20 heavy (non-hydrogen) atoms. The molecule has 5 nitrogen and oxygen atoms in total. The van der Waals surface area contributed by atoms with Crippen LogP contribution in [0.1, 0.15) is 58.8 Å². The first-order valence-electron chi connectivity index (χ1n) is 7.95. The molecule has 0 aromatic carbocycles. The lowest BCUT2D eigenvalue weighted by Gasteiger charge is -2.31. The van der Waals surface area contributed by atoms with Crippen LogP contribution in [-0.4, -0.2) is 41.9 Å². The van der Waals surface area contributed by atoms with Crippen LogP contribution in [0.5, 0.6) is 0 Å². The van der Waals surface area contributed by atoms with Gasteiger partial charge in [0.15, 0.2) is 0 Å². The molecule has 0 bridgehead atoms. The summed E-state index contributed by atoms with van der Waals surface area (Å²) in [6.45, 7) is 5.33. The Morgan fingerprint density at radius 1 is 1.30 bits per heavy atom. The van der Waals surface area contributed by atoms with Crippen molar-refractivity contribution >= 4 is 11.8 Å². The summed E-state index contributed by atoms with van der Waals surface area (Å²) >= 11 is 0. The number of hydrogen-bond donors (Lipinski definition) is 2. The molecule has 116 valence electrons. The summed E-state index contributed by atoms with van der Waals surface area (Å²) in [5.74, 6) is -0.0953. The SMILES string of the molecule is CCCCNC(=O)[C@@H]1CCCCCN1C(=O)[C@@H](N)CC. The van der Waals surface area contributed by atoms with E-state index in [2.05, 4.69) is 12.2 Å². The van der Waals surface area contributed by atoms with Crippen molar-refractivity contribution in [1.29, 1.82) is 0 Å². The van der Waals surface area contributed by atoms with Gasteiger partial charge >= 0.3 is 0 Å². The van der Waals surface area contributed by atoms with E-state index in [1.807, 2.05) is 6.92 Å². The van der Waals surface area contributed by atoms with E-state index >= 15 is 0 Å². The van der Waals surface area contributed by atoms with E-state index in [1.54, 1.807) is 4.90 Å². The zero-order valence-electron chi connectivity index (χ0n) is 12.9. The van der Waals surface area contributed by atoms with E-state index in [1.165, 1.54) is 0 Å². The molecule has 1 aliphatic rings. The number of hydrogen-bond acceptors (Lipinski definition) is 3. The van der Waals surface area contributed by atoms with Crippen molar-refractivity contribution in [2.24, 2.45) is 5.73 Å². The molecule has 1 fully saturated rings. The number of rotatable bonds is 6. The van der Waals surface area contributed by atoms with Gasteiger partial charge in [-0.25, -0.2) is 0 Å². The molecule has 2 amide bonds. The number of carbonyl (C=O) groups is 2. The average Bonchev–Trinajstić information content (AvgIpc) is 2.71. The number of unbranched alkanes of at least 4 members (excludes halogenated alkanes) is 1. The normalized spacial score (nSPS) is 21.1. The van der Waals surface area contributed by atoms with Gasteiger partial charge < -0.3 is 16.0 Å². The molecule has 5 heteroatoms. The molecule has 1 aliphatic heterocycles. The Bertz CT molecular complexity index is 320.